The molecule has 0 fully saturated rings. The zero-order valence-electron chi connectivity index (χ0n) is 6.48. The Balaban J connectivity index is 2.55. The lowest BCUT2D eigenvalue weighted by molar-refractivity contribution is -0.105. The number of nitrogen functional groups attached to an aromatic ring is 1. The number of carbonyl (C=O) groups is 1. The van der Waals surface area contributed by atoms with Crippen LogP contribution in [-0.4, -0.2) is 26.3 Å². The van der Waals surface area contributed by atoms with Crippen LogP contribution in [0.1, 0.15) is 0 Å². The number of amides is 1. The van der Waals surface area contributed by atoms with E-state index in [4.69, 9.17) is 5.73 Å². The summed E-state index contributed by atoms with van der Waals surface area (Å²) in [6.07, 6.45) is 2.02. The topological polar surface area (TPSA) is 110 Å². The lowest BCUT2D eigenvalue weighted by atomic mass is 10.6. The molecule has 0 radical (unpaired) electrons. The van der Waals surface area contributed by atoms with Gasteiger partial charge in [-0.1, -0.05) is 0 Å². The van der Waals surface area contributed by atoms with Gasteiger partial charge in [-0.15, -0.1) is 0 Å². The molecule has 0 aliphatic carbocycles. The summed E-state index contributed by atoms with van der Waals surface area (Å²) in [5.41, 5.74) is 6.39. The summed E-state index contributed by atoms with van der Waals surface area (Å²) in [4.78, 5) is 24.4. The number of hydrogen-bond acceptors (Lipinski definition) is 5. The summed E-state index contributed by atoms with van der Waals surface area (Å²) in [6, 6.07) is 0. The van der Waals surface area contributed by atoms with Gasteiger partial charge in [0.05, 0.1) is 6.20 Å². The summed E-state index contributed by atoms with van der Waals surface area (Å²) in [5, 5.41) is 2.36. The Kier molecular flexibility index (Phi) is 1.55. The number of anilines is 2. The van der Waals surface area contributed by atoms with Crippen molar-refractivity contribution < 1.29 is 4.79 Å². The number of nitrogens with one attached hydrogen (secondary N) is 2. The molecule has 0 spiro atoms. The number of rotatable bonds is 2. The fourth-order valence-electron chi connectivity index (χ4n) is 0.945. The molecule has 0 bridgehead atoms. The van der Waals surface area contributed by atoms with Crippen molar-refractivity contribution in [2.75, 3.05) is 11.1 Å². The van der Waals surface area contributed by atoms with E-state index in [1.807, 2.05) is 0 Å². The Hall–Kier alpha value is -2.18. The van der Waals surface area contributed by atoms with Gasteiger partial charge in [0.25, 0.3) is 0 Å². The first-order valence-corrected chi connectivity index (χ1v) is 3.48. The molecule has 0 atom stereocenters. The van der Waals surface area contributed by atoms with Crippen LogP contribution in [0.25, 0.3) is 11.2 Å². The van der Waals surface area contributed by atoms with Gasteiger partial charge in [0, 0.05) is 0 Å². The quantitative estimate of drug-likeness (QED) is 0.537. The average Bonchev–Trinajstić information content (AvgIpc) is 2.46. The van der Waals surface area contributed by atoms with Gasteiger partial charge in [-0.25, -0.2) is 4.98 Å². The van der Waals surface area contributed by atoms with Crippen molar-refractivity contribution in [1.82, 2.24) is 19.9 Å². The van der Waals surface area contributed by atoms with Gasteiger partial charge >= 0.3 is 0 Å². The molecule has 7 nitrogen and oxygen atoms in total. The molecule has 0 aliphatic heterocycles. The van der Waals surface area contributed by atoms with Crippen LogP contribution in [0.4, 0.5) is 11.9 Å². The molecule has 0 saturated heterocycles. The number of imidazole rings is 1. The molecule has 4 N–H and O–H groups in total. The third-order valence-electron chi connectivity index (χ3n) is 1.45. The highest BCUT2D eigenvalue weighted by atomic mass is 16.1. The first kappa shape index (κ1) is 7.47. The summed E-state index contributed by atoms with van der Waals surface area (Å²) >= 11 is 0. The number of aromatic amines is 1. The van der Waals surface area contributed by atoms with Crippen LogP contribution < -0.4 is 11.1 Å². The van der Waals surface area contributed by atoms with Crippen LogP contribution in [0, 0.1) is 0 Å². The van der Waals surface area contributed by atoms with Gasteiger partial charge in [-0.05, 0) is 0 Å². The standard InChI is InChI=1S/C6H6N6O/c7-5-8-1-3-4(11-5)12-6(10-3)9-2-13/h1-2H,(H4,7,8,9,10,11,12,13). The maximum absolute atomic E-state index is 10.1. The van der Waals surface area contributed by atoms with Crippen LogP contribution in [0.2, 0.25) is 0 Å². The summed E-state index contributed by atoms with van der Waals surface area (Å²) in [6.45, 7) is 0. The smallest absolute Gasteiger partial charge is 0.222 e. The van der Waals surface area contributed by atoms with E-state index in [-0.39, 0.29) is 5.95 Å². The molecule has 0 aliphatic rings. The zero-order chi connectivity index (χ0) is 9.26. The monoisotopic (exact) mass is 178 g/mol. The van der Waals surface area contributed by atoms with E-state index in [0.29, 0.717) is 23.5 Å². The van der Waals surface area contributed by atoms with Crippen molar-refractivity contribution in [3.05, 3.63) is 6.20 Å². The number of nitrogens with zero attached hydrogens (tertiary/aromatic N) is 3. The van der Waals surface area contributed by atoms with E-state index in [2.05, 4.69) is 25.3 Å². The predicted octanol–water partition coefficient (Wildman–Crippen LogP) is -0.497. The summed E-state index contributed by atoms with van der Waals surface area (Å²) in [7, 11) is 0. The number of fused-ring (bicyclic) bond motifs is 1. The van der Waals surface area contributed by atoms with Gasteiger partial charge in [0.2, 0.25) is 18.3 Å². The van der Waals surface area contributed by atoms with Crippen LogP contribution in [0.5, 0.6) is 0 Å². The van der Waals surface area contributed by atoms with E-state index in [0.717, 1.165) is 0 Å². The van der Waals surface area contributed by atoms with Crippen molar-refractivity contribution in [2.24, 2.45) is 0 Å². The van der Waals surface area contributed by atoms with E-state index < -0.39 is 0 Å². The van der Waals surface area contributed by atoms with E-state index >= 15 is 0 Å². The lowest BCUT2D eigenvalue weighted by Gasteiger charge is -1.87. The third kappa shape index (κ3) is 1.26. The van der Waals surface area contributed by atoms with Gasteiger partial charge in [-0.2, -0.15) is 9.97 Å². The fourth-order valence-corrected chi connectivity index (χ4v) is 0.945. The number of aromatic nitrogens is 4. The summed E-state index contributed by atoms with van der Waals surface area (Å²) < 4.78 is 0. The molecular weight excluding hydrogens is 172 g/mol. The molecule has 0 aromatic carbocycles. The molecular formula is C6H6N6O. The maximum atomic E-state index is 10.1. The highest BCUT2D eigenvalue weighted by Gasteiger charge is 2.03. The van der Waals surface area contributed by atoms with Crippen LogP contribution >= 0.6 is 0 Å². The highest BCUT2D eigenvalue weighted by Crippen LogP contribution is 2.10. The minimum atomic E-state index is 0.150. The fraction of sp³-hybridized carbons (Fsp3) is 0. The Morgan fingerprint density at radius 2 is 2.38 bits per heavy atom. The van der Waals surface area contributed by atoms with Crippen LogP contribution in [-0.2, 0) is 4.79 Å². The number of carbonyl (C=O) groups excluding carboxylic acids is 1. The van der Waals surface area contributed by atoms with E-state index in [1.54, 1.807) is 0 Å². The summed E-state index contributed by atoms with van der Waals surface area (Å²) in [5.74, 6) is 0.474. The van der Waals surface area contributed by atoms with Crippen molar-refractivity contribution >= 4 is 29.5 Å². The van der Waals surface area contributed by atoms with Crippen molar-refractivity contribution in [3.63, 3.8) is 0 Å². The minimum Gasteiger partial charge on any atom is -0.368 e. The second-order valence-corrected chi connectivity index (χ2v) is 2.31. The predicted molar refractivity (Wildman–Crippen MR) is 45.8 cm³/mol. The largest absolute Gasteiger partial charge is 0.368 e. The normalized spacial score (nSPS) is 10.2. The molecule has 66 valence electrons. The Labute approximate surface area is 72.4 Å². The van der Waals surface area contributed by atoms with Crippen molar-refractivity contribution in [2.45, 2.75) is 0 Å². The number of nitrogens with two attached hydrogens (primary N) is 1. The van der Waals surface area contributed by atoms with Crippen molar-refractivity contribution in [3.8, 4) is 0 Å². The number of H-pyrrole nitrogens is 1. The van der Waals surface area contributed by atoms with E-state index in [9.17, 15) is 4.79 Å². The lowest BCUT2D eigenvalue weighted by Crippen LogP contribution is -1.94. The zero-order valence-corrected chi connectivity index (χ0v) is 6.48. The Bertz CT molecular complexity index is 449. The molecule has 2 aromatic heterocycles. The van der Waals surface area contributed by atoms with Crippen molar-refractivity contribution in [1.29, 1.82) is 0 Å². The minimum absolute atomic E-state index is 0.150. The first-order valence-electron chi connectivity index (χ1n) is 3.48. The molecule has 1 amide bonds. The Morgan fingerprint density at radius 3 is 3.15 bits per heavy atom. The second kappa shape index (κ2) is 2.70. The molecule has 2 rings (SSSR count). The van der Waals surface area contributed by atoms with E-state index in [1.165, 1.54) is 6.20 Å². The maximum Gasteiger partial charge on any atom is 0.222 e. The first-order chi connectivity index (χ1) is 6.29. The van der Waals surface area contributed by atoms with Gasteiger partial charge in [-0.3, -0.25) is 10.1 Å². The second-order valence-electron chi connectivity index (χ2n) is 2.31. The molecule has 2 heterocycles. The molecule has 13 heavy (non-hydrogen) atoms. The van der Waals surface area contributed by atoms with Crippen LogP contribution in [0.3, 0.4) is 0 Å². The SMILES string of the molecule is Nc1ncc2[nH]c(NC=O)nc2n1. The molecule has 0 saturated carbocycles. The van der Waals surface area contributed by atoms with Gasteiger partial charge in [0.1, 0.15) is 5.52 Å². The average molecular weight is 178 g/mol. The van der Waals surface area contributed by atoms with Gasteiger partial charge in [0.15, 0.2) is 5.65 Å². The molecule has 0 unspecified atom stereocenters. The van der Waals surface area contributed by atoms with Crippen LogP contribution in [0.15, 0.2) is 6.20 Å². The molecule has 7 heteroatoms. The molecule has 2 aromatic rings. The van der Waals surface area contributed by atoms with Gasteiger partial charge < -0.3 is 10.7 Å². The Morgan fingerprint density at radius 1 is 1.54 bits per heavy atom. The third-order valence-corrected chi connectivity index (χ3v) is 1.45. The number of hydrogen-bond donors (Lipinski definition) is 3. The highest BCUT2D eigenvalue weighted by molar-refractivity contribution is 5.77.